The molecular weight excluding hydrogens is 246 g/mol. The molecule has 0 aliphatic rings. The van der Waals surface area contributed by atoms with Crippen molar-refractivity contribution in [1.29, 1.82) is 0 Å². The molecular formula is C13H27N3O3. The molecule has 0 aromatic rings. The molecule has 0 bridgehead atoms. The largest absolute Gasteiger partial charge is 0.369 e. The Bertz CT molecular complexity index is 289. The van der Waals surface area contributed by atoms with Crippen molar-refractivity contribution in [3.8, 4) is 0 Å². The number of rotatable bonds is 6. The Morgan fingerprint density at radius 2 is 1.68 bits per heavy atom. The average Bonchev–Trinajstić information content (AvgIpc) is 2.22. The van der Waals surface area contributed by atoms with E-state index in [0.29, 0.717) is 5.57 Å². The molecule has 0 aromatic carbocycles. The molecule has 0 spiro atoms. The molecule has 0 fully saturated rings. The number of carbonyl (C=O) groups is 2. The minimum Gasteiger partial charge on any atom is -0.369 e. The first-order valence-electron chi connectivity index (χ1n) is 6.11. The molecule has 1 amide bonds. The number of hydroxylamine groups is 2. The molecule has 112 valence electrons. The van der Waals surface area contributed by atoms with Gasteiger partial charge in [-0.1, -0.05) is 6.58 Å². The van der Waals surface area contributed by atoms with Crippen LogP contribution in [0.25, 0.3) is 0 Å². The van der Waals surface area contributed by atoms with Gasteiger partial charge in [-0.3, -0.25) is 9.59 Å². The van der Waals surface area contributed by atoms with E-state index in [0.717, 1.165) is 19.5 Å². The first-order valence-corrected chi connectivity index (χ1v) is 6.11. The van der Waals surface area contributed by atoms with Gasteiger partial charge in [0.25, 0.3) is 0 Å². The maximum Gasteiger partial charge on any atom is 0.321 e. The van der Waals surface area contributed by atoms with Crippen LogP contribution in [0.15, 0.2) is 12.2 Å². The number of nitrogens with zero attached hydrogens (tertiary/aromatic N) is 2. The summed E-state index contributed by atoms with van der Waals surface area (Å²) in [6, 6.07) is 0. The van der Waals surface area contributed by atoms with Gasteiger partial charge < -0.3 is 15.1 Å². The van der Waals surface area contributed by atoms with Crippen molar-refractivity contribution in [1.82, 2.24) is 15.3 Å². The lowest BCUT2D eigenvalue weighted by atomic mass is 10.3. The van der Waals surface area contributed by atoms with Crippen LogP contribution in [0.3, 0.4) is 0 Å². The van der Waals surface area contributed by atoms with E-state index in [1.807, 2.05) is 14.1 Å². The zero-order valence-corrected chi connectivity index (χ0v) is 12.9. The highest BCUT2D eigenvalue weighted by Crippen LogP contribution is 1.86. The molecule has 19 heavy (non-hydrogen) atoms. The molecule has 1 N–H and O–H groups in total. The molecule has 0 aromatic heterocycles. The van der Waals surface area contributed by atoms with E-state index in [4.69, 9.17) is 0 Å². The van der Waals surface area contributed by atoms with Crippen LogP contribution in [0.1, 0.15) is 20.3 Å². The molecule has 0 saturated heterocycles. The zero-order chi connectivity index (χ0) is 15.4. The Kier molecular flexibility index (Phi) is 12.2. The van der Waals surface area contributed by atoms with Crippen LogP contribution in [0.2, 0.25) is 0 Å². The highest BCUT2D eigenvalue weighted by molar-refractivity contribution is 5.91. The van der Waals surface area contributed by atoms with Crippen LogP contribution < -0.4 is 5.32 Å². The second-order valence-corrected chi connectivity index (χ2v) is 4.59. The van der Waals surface area contributed by atoms with E-state index < -0.39 is 0 Å². The molecule has 6 nitrogen and oxygen atoms in total. The number of hydrogen-bond acceptors (Lipinski definition) is 5. The Morgan fingerprint density at radius 3 is 1.95 bits per heavy atom. The molecule has 0 saturated carbocycles. The molecule has 0 radical (unpaired) electrons. The fourth-order valence-corrected chi connectivity index (χ4v) is 1.01. The average molecular weight is 273 g/mol. The third-order valence-electron chi connectivity index (χ3n) is 1.77. The van der Waals surface area contributed by atoms with E-state index in [9.17, 15) is 9.59 Å². The van der Waals surface area contributed by atoms with Crippen molar-refractivity contribution in [3.63, 3.8) is 0 Å². The minimum absolute atomic E-state index is 0.0474. The van der Waals surface area contributed by atoms with Crippen molar-refractivity contribution >= 4 is 11.9 Å². The summed E-state index contributed by atoms with van der Waals surface area (Å²) < 4.78 is 0. The predicted octanol–water partition coefficient (Wildman–Crippen LogP) is 0.657. The van der Waals surface area contributed by atoms with Gasteiger partial charge in [0.05, 0.1) is 0 Å². The van der Waals surface area contributed by atoms with Gasteiger partial charge in [0.1, 0.15) is 0 Å². The molecule has 0 heterocycles. The monoisotopic (exact) mass is 273 g/mol. The van der Waals surface area contributed by atoms with Gasteiger partial charge in [0.2, 0.25) is 5.91 Å². The topological polar surface area (TPSA) is 61.9 Å². The number of amides is 1. The quantitative estimate of drug-likeness (QED) is 0.437. The Labute approximate surface area is 116 Å². The molecule has 0 aliphatic heterocycles. The second kappa shape index (κ2) is 11.7. The summed E-state index contributed by atoms with van der Waals surface area (Å²) in [5.41, 5.74) is 0.569. The molecule has 0 rings (SSSR count). The summed E-state index contributed by atoms with van der Waals surface area (Å²) in [4.78, 5) is 27.5. The zero-order valence-electron chi connectivity index (χ0n) is 12.9. The van der Waals surface area contributed by atoms with E-state index in [-0.39, 0.29) is 11.9 Å². The second-order valence-electron chi connectivity index (χ2n) is 4.59. The summed E-state index contributed by atoms with van der Waals surface area (Å²) in [5.74, 6) is -0.334. The van der Waals surface area contributed by atoms with Crippen molar-refractivity contribution in [3.05, 3.63) is 12.2 Å². The lowest BCUT2D eigenvalue weighted by Crippen LogP contribution is -2.27. The molecule has 0 atom stereocenters. The highest BCUT2D eigenvalue weighted by atomic mass is 16.7. The van der Waals surface area contributed by atoms with Crippen molar-refractivity contribution in [2.45, 2.75) is 20.3 Å². The summed E-state index contributed by atoms with van der Waals surface area (Å²) in [6.45, 7) is 8.34. The van der Waals surface area contributed by atoms with Crippen LogP contribution in [0, 0.1) is 0 Å². The van der Waals surface area contributed by atoms with E-state index in [1.165, 1.54) is 12.0 Å². The van der Waals surface area contributed by atoms with Gasteiger partial charge in [-0.2, -0.15) is 0 Å². The van der Waals surface area contributed by atoms with Crippen molar-refractivity contribution in [2.24, 2.45) is 0 Å². The standard InChI is InChI=1S/C9H18N2O.C4H9NO2/c1-8(2)9(12)10-6-5-7-11(3)4;1-4(6)7-5(2)3/h1,5-7H2,2-4H3,(H,10,12);1-3H3. The number of nitrogens with one attached hydrogen (secondary N) is 1. The third kappa shape index (κ3) is 19.1. The predicted molar refractivity (Wildman–Crippen MR) is 76.4 cm³/mol. The summed E-state index contributed by atoms with van der Waals surface area (Å²) in [5, 5.41) is 4.12. The van der Waals surface area contributed by atoms with E-state index >= 15 is 0 Å². The Hall–Kier alpha value is -1.40. The van der Waals surface area contributed by atoms with Crippen LogP contribution in [-0.2, 0) is 14.4 Å². The summed E-state index contributed by atoms with van der Waals surface area (Å²) >= 11 is 0. The Balaban J connectivity index is 0. The lowest BCUT2D eigenvalue weighted by Gasteiger charge is -2.09. The van der Waals surface area contributed by atoms with Gasteiger partial charge in [0.15, 0.2) is 0 Å². The van der Waals surface area contributed by atoms with Crippen LogP contribution in [-0.4, -0.2) is 63.1 Å². The summed E-state index contributed by atoms with van der Waals surface area (Å²) in [6.07, 6.45) is 0.978. The van der Waals surface area contributed by atoms with Gasteiger partial charge in [-0.25, -0.2) is 0 Å². The molecule has 0 unspecified atom stereocenters. The maximum atomic E-state index is 11.0. The normalized spacial score (nSPS) is 9.68. The number of hydrogen-bond donors (Lipinski definition) is 1. The smallest absolute Gasteiger partial charge is 0.321 e. The maximum absolute atomic E-state index is 11.0. The number of carbonyl (C=O) groups excluding carboxylic acids is 2. The van der Waals surface area contributed by atoms with Gasteiger partial charge in [-0.15, -0.1) is 5.06 Å². The first kappa shape index (κ1) is 19.9. The summed E-state index contributed by atoms with van der Waals surface area (Å²) in [7, 11) is 7.34. The van der Waals surface area contributed by atoms with Gasteiger partial charge in [-0.05, 0) is 34.0 Å². The van der Waals surface area contributed by atoms with Crippen molar-refractivity contribution < 1.29 is 14.4 Å². The fraction of sp³-hybridized carbons (Fsp3) is 0.692. The highest BCUT2D eigenvalue weighted by Gasteiger charge is 1.99. The third-order valence-corrected chi connectivity index (χ3v) is 1.77. The minimum atomic E-state index is -0.287. The van der Waals surface area contributed by atoms with E-state index in [1.54, 1.807) is 21.0 Å². The van der Waals surface area contributed by atoms with Crippen LogP contribution >= 0.6 is 0 Å². The molecule has 6 heteroatoms. The van der Waals surface area contributed by atoms with E-state index in [2.05, 4.69) is 21.6 Å². The van der Waals surface area contributed by atoms with Crippen LogP contribution in [0.5, 0.6) is 0 Å². The first-order chi connectivity index (χ1) is 8.66. The fourth-order valence-electron chi connectivity index (χ4n) is 1.01. The van der Waals surface area contributed by atoms with Gasteiger partial charge in [0, 0.05) is 33.1 Å². The van der Waals surface area contributed by atoms with Crippen LogP contribution in [0.4, 0.5) is 0 Å². The molecule has 0 aliphatic carbocycles. The van der Waals surface area contributed by atoms with Gasteiger partial charge >= 0.3 is 5.97 Å². The van der Waals surface area contributed by atoms with Crippen molar-refractivity contribution in [2.75, 3.05) is 41.3 Å². The SMILES string of the molecule is C=C(C)C(=O)NCCCN(C)C.CC(=O)ON(C)C. The Morgan fingerprint density at radius 1 is 1.16 bits per heavy atom. The lowest BCUT2D eigenvalue weighted by molar-refractivity contribution is -0.175.